The third-order valence-electron chi connectivity index (χ3n) is 3.58. The number of nitrogens with one attached hydrogen (secondary N) is 1. The van der Waals surface area contributed by atoms with Crippen molar-refractivity contribution >= 4 is 0 Å². The van der Waals surface area contributed by atoms with Gasteiger partial charge in [-0.1, -0.05) is 12.1 Å². The Balaban J connectivity index is 1.92. The molecular weight excluding hydrogens is 243 g/mol. The van der Waals surface area contributed by atoms with E-state index >= 15 is 0 Å². The molecule has 1 saturated heterocycles. The van der Waals surface area contributed by atoms with E-state index < -0.39 is 0 Å². The lowest BCUT2D eigenvalue weighted by Gasteiger charge is -2.21. The van der Waals surface area contributed by atoms with E-state index in [1.165, 1.54) is 12.1 Å². The molecule has 100 valence electrons. The topological polar surface area (TPSA) is 42.7 Å². The summed E-state index contributed by atoms with van der Waals surface area (Å²) in [6.07, 6.45) is 2.16. The third-order valence-corrected chi connectivity index (χ3v) is 3.58. The molecule has 5 heteroatoms. The molecule has 0 spiro atoms. The van der Waals surface area contributed by atoms with Crippen molar-refractivity contribution in [2.75, 3.05) is 13.1 Å². The van der Waals surface area contributed by atoms with Gasteiger partial charge in [-0.25, -0.2) is 9.37 Å². The molecule has 1 aromatic heterocycles. The Bertz CT molecular complexity index is 573. The van der Waals surface area contributed by atoms with E-state index in [9.17, 15) is 4.39 Å². The van der Waals surface area contributed by atoms with Crippen LogP contribution in [-0.2, 0) is 7.05 Å². The average Bonchev–Trinajstić information content (AvgIpc) is 2.82. The van der Waals surface area contributed by atoms with Gasteiger partial charge in [0.2, 0.25) is 0 Å². The van der Waals surface area contributed by atoms with Crippen LogP contribution >= 0.6 is 0 Å². The molecule has 2 aromatic rings. The van der Waals surface area contributed by atoms with Gasteiger partial charge in [0, 0.05) is 18.5 Å². The quantitative estimate of drug-likeness (QED) is 0.899. The Hall–Kier alpha value is -1.75. The number of hydrogen-bond donors (Lipinski definition) is 1. The first-order valence-corrected chi connectivity index (χ1v) is 6.61. The predicted octanol–water partition coefficient (Wildman–Crippen LogP) is 2.09. The highest BCUT2D eigenvalue weighted by Gasteiger charge is 2.21. The maximum absolute atomic E-state index is 13.2. The molecule has 19 heavy (non-hydrogen) atoms. The Morgan fingerprint density at radius 2 is 2.11 bits per heavy atom. The first kappa shape index (κ1) is 12.3. The normalized spacial score (nSPS) is 16.7. The lowest BCUT2D eigenvalue weighted by molar-refractivity contribution is 0.432. The summed E-state index contributed by atoms with van der Waals surface area (Å²) in [5, 5.41) is 7.76. The molecule has 3 rings (SSSR count). The first-order valence-electron chi connectivity index (χ1n) is 6.61. The van der Waals surface area contributed by atoms with Gasteiger partial charge in [-0.15, -0.1) is 0 Å². The molecule has 0 atom stereocenters. The van der Waals surface area contributed by atoms with Crippen molar-refractivity contribution in [3.63, 3.8) is 0 Å². The number of aryl methyl sites for hydroxylation is 1. The summed E-state index contributed by atoms with van der Waals surface area (Å²) in [6.45, 7) is 2.04. The van der Waals surface area contributed by atoms with Gasteiger partial charge in [-0.2, -0.15) is 5.10 Å². The highest BCUT2D eigenvalue weighted by molar-refractivity contribution is 5.54. The summed E-state index contributed by atoms with van der Waals surface area (Å²) in [6, 6.07) is 6.43. The minimum atomic E-state index is -0.256. The van der Waals surface area contributed by atoms with E-state index in [1.54, 1.807) is 6.07 Å². The molecule has 1 N–H and O–H groups in total. The Morgan fingerprint density at radius 1 is 1.32 bits per heavy atom. The van der Waals surface area contributed by atoms with Gasteiger partial charge in [-0.05, 0) is 38.1 Å². The molecular formula is C14H17FN4. The summed E-state index contributed by atoms with van der Waals surface area (Å²) in [7, 11) is 1.91. The maximum Gasteiger partial charge on any atom is 0.181 e. The van der Waals surface area contributed by atoms with Crippen LogP contribution in [0, 0.1) is 5.82 Å². The van der Waals surface area contributed by atoms with Crippen molar-refractivity contribution in [2.24, 2.45) is 7.05 Å². The summed E-state index contributed by atoms with van der Waals surface area (Å²) >= 11 is 0. The molecule has 0 saturated carbocycles. The van der Waals surface area contributed by atoms with Crippen LogP contribution in [0.1, 0.15) is 24.6 Å². The van der Waals surface area contributed by atoms with Gasteiger partial charge in [0.1, 0.15) is 11.6 Å². The number of piperidine rings is 1. The lowest BCUT2D eigenvalue weighted by Crippen LogP contribution is -2.27. The van der Waals surface area contributed by atoms with Crippen LogP contribution in [0.2, 0.25) is 0 Å². The number of rotatable bonds is 2. The van der Waals surface area contributed by atoms with Gasteiger partial charge >= 0.3 is 0 Å². The van der Waals surface area contributed by atoms with E-state index in [0.29, 0.717) is 11.7 Å². The van der Waals surface area contributed by atoms with Crippen molar-refractivity contribution in [2.45, 2.75) is 18.8 Å². The maximum atomic E-state index is 13.2. The Kier molecular flexibility index (Phi) is 3.29. The second kappa shape index (κ2) is 5.09. The van der Waals surface area contributed by atoms with Crippen LogP contribution < -0.4 is 5.32 Å². The van der Waals surface area contributed by atoms with Gasteiger partial charge in [-0.3, -0.25) is 4.68 Å². The van der Waals surface area contributed by atoms with Crippen molar-refractivity contribution in [1.82, 2.24) is 20.1 Å². The molecule has 0 radical (unpaired) electrons. The molecule has 1 fully saturated rings. The van der Waals surface area contributed by atoms with Gasteiger partial charge in [0.05, 0.1) is 0 Å². The number of nitrogens with zero attached hydrogens (tertiary/aromatic N) is 3. The van der Waals surface area contributed by atoms with Crippen LogP contribution in [0.4, 0.5) is 4.39 Å². The SMILES string of the molecule is Cn1nc(-c2cccc(F)c2)nc1C1CCNCC1. The van der Waals surface area contributed by atoms with Crippen LogP contribution in [0.25, 0.3) is 11.4 Å². The molecule has 0 unspecified atom stereocenters. The third kappa shape index (κ3) is 2.51. The zero-order chi connectivity index (χ0) is 13.2. The highest BCUT2D eigenvalue weighted by Crippen LogP contribution is 2.25. The minimum absolute atomic E-state index is 0.256. The summed E-state index contributed by atoms with van der Waals surface area (Å²) in [5.74, 6) is 1.80. The zero-order valence-electron chi connectivity index (χ0n) is 10.9. The van der Waals surface area contributed by atoms with Crippen molar-refractivity contribution in [3.05, 3.63) is 35.9 Å². The van der Waals surface area contributed by atoms with Gasteiger partial charge in [0.15, 0.2) is 5.82 Å². The molecule has 4 nitrogen and oxygen atoms in total. The average molecular weight is 260 g/mol. The Labute approximate surface area is 111 Å². The first-order chi connectivity index (χ1) is 9.24. The molecule has 2 heterocycles. The van der Waals surface area contributed by atoms with Crippen LogP contribution in [-0.4, -0.2) is 27.9 Å². The van der Waals surface area contributed by atoms with Crippen molar-refractivity contribution in [1.29, 1.82) is 0 Å². The Morgan fingerprint density at radius 3 is 2.84 bits per heavy atom. The fourth-order valence-electron chi connectivity index (χ4n) is 2.58. The predicted molar refractivity (Wildman–Crippen MR) is 71.2 cm³/mol. The molecule has 0 amide bonds. The second-order valence-corrected chi connectivity index (χ2v) is 4.95. The van der Waals surface area contributed by atoms with Crippen LogP contribution in [0.15, 0.2) is 24.3 Å². The van der Waals surface area contributed by atoms with Gasteiger partial charge < -0.3 is 5.32 Å². The second-order valence-electron chi connectivity index (χ2n) is 4.95. The van der Waals surface area contributed by atoms with E-state index in [0.717, 1.165) is 37.3 Å². The standard InChI is InChI=1S/C14H17FN4/c1-19-14(10-5-7-16-8-6-10)17-13(18-19)11-3-2-4-12(15)9-11/h2-4,9-10,16H,5-8H2,1H3. The van der Waals surface area contributed by atoms with Gasteiger partial charge in [0.25, 0.3) is 0 Å². The molecule has 1 aliphatic heterocycles. The highest BCUT2D eigenvalue weighted by atomic mass is 19.1. The minimum Gasteiger partial charge on any atom is -0.317 e. The van der Waals surface area contributed by atoms with E-state index in [2.05, 4.69) is 15.4 Å². The molecule has 0 aliphatic carbocycles. The summed E-state index contributed by atoms with van der Waals surface area (Å²) in [5.41, 5.74) is 0.732. The molecule has 1 aromatic carbocycles. The smallest absolute Gasteiger partial charge is 0.181 e. The number of hydrogen-bond acceptors (Lipinski definition) is 3. The number of benzene rings is 1. The number of aromatic nitrogens is 3. The van der Waals surface area contributed by atoms with Crippen molar-refractivity contribution < 1.29 is 4.39 Å². The van der Waals surface area contributed by atoms with Crippen LogP contribution in [0.5, 0.6) is 0 Å². The molecule has 0 bridgehead atoms. The van der Waals surface area contributed by atoms with Crippen LogP contribution in [0.3, 0.4) is 0 Å². The fourth-order valence-corrected chi connectivity index (χ4v) is 2.58. The molecule has 1 aliphatic rings. The lowest BCUT2D eigenvalue weighted by atomic mass is 9.97. The monoisotopic (exact) mass is 260 g/mol. The summed E-state index contributed by atoms with van der Waals surface area (Å²) in [4.78, 5) is 4.60. The largest absolute Gasteiger partial charge is 0.317 e. The van der Waals surface area contributed by atoms with E-state index in [-0.39, 0.29) is 5.82 Å². The van der Waals surface area contributed by atoms with Crippen molar-refractivity contribution in [3.8, 4) is 11.4 Å². The number of halogens is 1. The summed E-state index contributed by atoms with van der Waals surface area (Å²) < 4.78 is 15.1. The fraction of sp³-hybridized carbons (Fsp3) is 0.429. The van der Waals surface area contributed by atoms with E-state index in [1.807, 2.05) is 17.8 Å². The zero-order valence-corrected chi connectivity index (χ0v) is 10.9. The van der Waals surface area contributed by atoms with E-state index in [4.69, 9.17) is 0 Å².